The number of hydrogen-bond acceptors (Lipinski definition) is 10. The van der Waals surface area contributed by atoms with Crippen LogP contribution in [0.25, 0.3) is 0 Å². The first-order valence-corrected chi connectivity index (χ1v) is 9.72. The molecule has 0 aromatic carbocycles. The van der Waals surface area contributed by atoms with Crippen molar-refractivity contribution in [3.05, 3.63) is 37.5 Å². The zero-order chi connectivity index (χ0) is 24.8. The van der Waals surface area contributed by atoms with Crippen LogP contribution in [0.2, 0.25) is 0 Å². The molecule has 32 heavy (non-hydrogen) atoms. The Morgan fingerprint density at radius 1 is 0.719 bits per heavy atom. The molecule has 0 aromatic rings. The molecule has 0 spiro atoms. The van der Waals surface area contributed by atoms with Gasteiger partial charge in [0.25, 0.3) is 0 Å². The van der Waals surface area contributed by atoms with Crippen LogP contribution in [-0.2, 0) is 47.7 Å². The second kappa shape index (κ2) is 14.6. The van der Waals surface area contributed by atoms with Crippen LogP contribution in [0.5, 0.6) is 0 Å². The number of carbonyl (C=O) groups is 5. The van der Waals surface area contributed by atoms with Gasteiger partial charge in [0.05, 0.1) is 0 Å². The van der Waals surface area contributed by atoms with Gasteiger partial charge in [0.15, 0.2) is 18.3 Å². The fourth-order valence-electron chi connectivity index (χ4n) is 2.63. The average Bonchev–Trinajstić information content (AvgIpc) is 2.66. The molecular weight excluding hydrogens is 424 g/mol. The van der Waals surface area contributed by atoms with Crippen molar-refractivity contribution in [2.45, 2.75) is 71.6 Å². The summed E-state index contributed by atoms with van der Waals surface area (Å²) < 4.78 is 26.1. The van der Waals surface area contributed by atoms with Crippen molar-refractivity contribution in [1.29, 1.82) is 0 Å². The van der Waals surface area contributed by atoms with E-state index in [1.165, 1.54) is 25.2 Å². The summed E-state index contributed by atoms with van der Waals surface area (Å²) in [6, 6.07) is 0. The van der Waals surface area contributed by atoms with Gasteiger partial charge in [0.1, 0.15) is 12.2 Å². The maximum absolute atomic E-state index is 11.8. The van der Waals surface area contributed by atoms with E-state index in [0.717, 1.165) is 33.8 Å². The van der Waals surface area contributed by atoms with Gasteiger partial charge in [-0.2, -0.15) is 0 Å². The second-order valence-electron chi connectivity index (χ2n) is 6.63. The van der Waals surface area contributed by atoms with Gasteiger partial charge >= 0.3 is 29.8 Å². The first-order valence-electron chi connectivity index (χ1n) is 9.72. The SMILES string of the molecule is C=CC[C@H](/C=C\[C@H](OC(C)=O)[C@H](OC(C)=O)[C@@H](OC(C)=O)[C@H](C)OC(C)=O)OC(=O)C=C. The number of esters is 5. The van der Waals surface area contributed by atoms with E-state index >= 15 is 0 Å². The topological polar surface area (TPSA) is 132 Å². The van der Waals surface area contributed by atoms with E-state index in [0.29, 0.717) is 0 Å². The minimum absolute atomic E-state index is 0.221. The lowest BCUT2D eigenvalue weighted by atomic mass is 10.0. The monoisotopic (exact) mass is 454 g/mol. The number of hydrogen-bond donors (Lipinski definition) is 0. The predicted octanol–water partition coefficient (Wildman–Crippen LogP) is 1.96. The van der Waals surface area contributed by atoms with Gasteiger partial charge in [-0.1, -0.05) is 12.7 Å². The van der Waals surface area contributed by atoms with Crippen LogP contribution in [0, 0.1) is 0 Å². The lowest BCUT2D eigenvalue weighted by Crippen LogP contribution is -2.50. The molecule has 10 heteroatoms. The van der Waals surface area contributed by atoms with E-state index in [1.54, 1.807) is 0 Å². The van der Waals surface area contributed by atoms with Crippen molar-refractivity contribution in [2.75, 3.05) is 0 Å². The van der Waals surface area contributed by atoms with Gasteiger partial charge in [0.2, 0.25) is 0 Å². The van der Waals surface area contributed by atoms with E-state index in [1.807, 2.05) is 0 Å². The summed E-state index contributed by atoms with van der Waals surface area (Å²) in [5.74, 6) is -3.61. The van der Waals surface area contributed by atoms with Crippen LogP contribution in [0.3, 0.4) is 0 Å². The fourth-order valence-corrected chi connectivity index (χ4v) is 2.63. The molecule has 0 unspecified atom stereocenters. The quantitative estimate of drug-likeness (QED) is 0.176. The van der Waals surface area contributed by atoms with Crippen LogP contribution in [0.4, 0.5) is 0 Å². The lowest BCUT2D eigenvalue weighted by Gasteiger charge is -2.33. The van der Waals surface area contributed by atoms with E-state index < -0.39 is 60.4 Å². The molecule has 0 aliphatic heterocycles. The molecule has 0 radical (unpaired) electrons. The fraction of sp³-hybridized carbons (Fsp3) is 0.500. The molecule has 5 atom stereocenters. The third kappa shape index (κ3) is 11.7. The summed E-state index contributed by atoms with van der Waals surface area (Å²) >= 11 is 0. The lowest BCUT2D eigenvalue weighted by molar-refractivity contribution is -0.193. The molecule has 0 bridgehead atoms. The first kappa shape index (κ1) is 28.6. The average molecular weight is 454 g/mol. The predicted molar refractivity (Wildman–Crippen MR) is 112 cm³/mol. The summed E-state index contributed by atoms with van der Waals surface area (Å²) in [4.78, 5) is 58.2. The number of ether oxygens (including phenoxy) is 5. The second-order valence-corrected chi connectivity index (χ2v) is 6.63. The summed E-state index contributed by atoms with van der Waals surface area (Å²) in [6.45, 7) is 12.8. The van der Waals surface area contributed by atoms with Gasteiger partial charge in [-0.15, -0.1) is 6.58 Å². The van der Waals surface area contributed by atoms with E-state index in [9.17, 15) is 24.0 Å². The summed E-state index contributed by atoms with van der Waals surface area (Å²) in [6.07, 6.45) is -0.431. The summed E-state index contributed by atoms with van der Waals surface area (Å²) in [7, 11) is 0. The zero-order valence-corrected chi connectivity index (χ0v) is 18.9. The molecule has 0 aliphatic carbocycles. The molecule has 0 aliphatic rings. The molecule has 10 nitrogen and oxygen atoms in total. The highest BCUT2D eigenvalue weighted by atomic mass is 16.6. The van der Waals surface area contributed by atoms with Gasteiger partial charge in [0, 0.05) is 40.2 Å². The van der Waals surface area contributed by atoms with Gasteiger partial charge in [-0.3, -0.25) is 19.2 Å². The molecule has 0 heterocycles. The minimum atomic E-state index is -1.38. The van der Waals surface area contributed by atoms with Crippen molar-refractivity contribution in [3.63, 3.8) is 0 Å². The highest BCUT2D eigenvalue weighted by Gasteiger charge is 2.40. The highest BCUT2D eigenvalue weighted by Crippen LogP contribution is 2.21. The smallest absolute Gasteiger partial charge is 0.330 e. The Hall–Kier alpha value is -3.43. The summed E-state index contributed by atoms with van der Waals surface area (Å²) in [5, 5.41) is 0. The molecule has 178 valence electrons. The van der Waals surface area contributed by atoms with Gasteiger partial charge < -0.3 is 23.7 Å². The third-order valence-electron chi connectivity index (χ3n) is 3.72. The van der Waals surface area contributed by atoms with Crippen molar-refractivity contribution >= 4 is 29.8 Å². The standard InChI is InChI=1S/C22H30O10/c1-8-10-18(32-20(27)9-2)11-12-19(29-15(5)24)22(31-17(7)26)21(30-16(6)25)13(3)28-14(4)23/h8-9,11-13,18-19,21-22H,1-2,10H2,3-7H3/b12-11-/t13-,18+,19-,21-,22-/m0/s1. The minimum Gasteiger partial charge on any atom is -0.459 e. The molecule has 0 saturated carbocycles. The van der Waals surface area contributed by atoms with E-state index in [-0.39, 0.29) is 6.42 Å². The van der Waals surface area contributed by atoms with Crippen molar-refractivity contribution in [3.8, 4) is 0 Å². The first-order chi connectivity index (χ1) is 14.9. The Labute approximate surface area is 187 Å². The number of rotatable bonds is 13. The molecule has 0 saturated heterocycles. The Morgan fingerprint density at radius 3 is 1.66 bits per heavy atom. The Balaban J connectivity index is 6.22. The summed E-state index contributed by atoms with van der Waals surface area (Å²) in [5.41, 5.74) is 0. The highest BCUT2D eigenvalue weighted by molar-refractivity contribution is 5.81. The maximum Gasteiger partial charge on any atom is 0.330 e. The molecule has 0 N–H and O–H groups in total. The molecular formula is C22H30O10. The van der Waals surface area contributed by atoms with Crippen LogP contribution in [0.15, 0.2) is 37.5 Å². The van der Waals surface area contributed by atoms with E-state index in [2.05, 4.69) is 13.2 Å². The number of carbonyl (C=O) groups excluding carboxylic acids is 5. The normalized spacial score (nSPS) is 15.3. The Morgan fingerprint density at radius 2 is 1.22 bits per heavy atom. The third-order valence-corrected chi connectivity index (χ3v) is 3.72. The maximum atomic E-state index is 11.8. The van der Waals surface area contributed by atoms with Gasteiger partial charge in [-0.05, 0) is 19.1 Å². The molecule has 0 rings (SSSR count). The molecule has 0 amide bonds. The Bertz CT molecular complexity index is 739. The van der Waals surface area contributed by atoms with Crippen LogP contribution in [-0.4, -0.2) is 60.4 Å². The van der Waals surface area contributed by atoms with Crippen LogP contribution >= 0.6 is 0 Å². The van der Waals surface area contributed by atoms with E-state index in [4.69, 9.17) is 23.7 Å². The van der Waals surface area contributed by atoms with Gasteiger partial charge in [-0.25, -0.2) is 4.79 Å². The van der Waals surface area contributed by atoms with Crippen molar-refractivity contribution in [1.82, 2.24) is 0 Å². The molecule has 0 aromatic heterocycles. The Kier molecular flexibility index (Phi) is 13.0. The van der Waals surface area contributed by atoms with Crippen molar-refractivity contribution < 1.29 is 47.7 Å². The molecule has 0 fully saturated rings. The zero-order valence-electron chi connectivity index (χ0n) is 18.9. The van der Waals surface area contributed by atoms with Crippen molar-refractivity contribution in [2.24, 2.45) is 0 Å². The van der Waals surface area contributed by atoms with Crippen LogP contribution < -0.4 is 0 Å². The van der Waals surface area contributed by atoms with Crippen LogP contribution in [0.1, 0.15) is 41.0 Å². The largest absolute Gasteiger partial charge is 0.459 e.